The van der Waals surface area contributed by atoms with Crippen LogP contribution in [0, 0.1) is 0 Å². The van der Waals surface area contributed by atoms with E-state index in [1.165, 1.54) is 5.56 Å². The summed E-state index contributed by atoms with van der Waals surface area (Å²) in [6.07, 6.45) is 2.22. The topological polar surface area (TPSA) is 60.8 Å². The Kier molecular flexibility index (Phi) is 8.69. The maximum absolute atomic E-state index is 12.7. The Balaban J connectivity index is 0.00000289. The van der Waals surface area contributed by atoms with Crippen molar-refractivity contribution in [1.29, 1.82) is 0 Å². The number of rotatable bonds is 4. The molecule has 0 spiro atoms. The van der Waals surface area contributed by atoms with Crippen LogP contribution in [-0.4, -0.2) is 59.9 Å². The second-order valence-electron chi connectivity index (χ2n) is 7.56. The second-order valence-corrected chi connectivity index (χ2v) is 8.00. The van der Waals surface area contributed by atoms with Crippen LogP contribution >= 0.6 is 35.6 Å². The summed E-state index contributed by atoms with van der Waals surface area (Å²) in [5.74, 6) is 0.982. The van der Waals surface area contributed by atoms with Gasteiger partial charge in [0.25, 0.3) is 0 Å². The smallest absolute Gasteiger partial charge is 0.227 e. The van der Waals surface area contributed by atoms with Crippen LogP contribution in [0.15, 0.2) is 65.8 Å². The minimum atomic E-state index is 0. The molecule has 0 atom stereocenters. The number of guanidine groups is 1. The molecule has 1 saturated heterocycles. The van der Waals surface area contributed by atoms with E-state index in [9.17, 15) is 4.79 Å². The molecule has 2 heterocycles. The third-order valence-corrected chi connectivity index (χ3v) is 5.80. The summed E-state index contributed by atoms with van der Waals surface area (Å²) in [4.78, 5) is 25.7. The number of fused-ring (bicyclic) bond motifs is 1. The van der Waals surface area contributed by atoms with Gasteiger partial charge in [0.05, 0.1) is 11.9 Å². The molecule has 4 rings (SSSR count). The Morgan fingerprint density at radius 2 is 1.81 bits per heavy atom. The molecule has 0 saturated carbocycles. The Labute approximate surface area is 210 Å². The third-order valence-electron chi connectivity index (χ3n) is 5.56. The van der Waals surface area contributed by atoms with Crippen LogP contribution in [0.1, 0.15) is 11.1 Å². The minimum Gasteiger partial charge on any atom is -0.352 e. The number of carbonyl (C=O) groups is 1. The minimum absolute atomic E-state index is 0. The average molecular weight is 564 g/mol. The molecule has 1 aromatic heterocycles. The normalized spacial score (nSPS) is 14.2. The first-order chi connectivity index (χ1) is 15.1. The highest BCUT2D eigenvalue weighted by Gasteiger charge is 2.23. The van der Waals surface area contributed by atoms with Gasteiger partial charge in [-0.3, -0.25) is 14.8 Å². The number of amides is 1. The predicted octanol–water partition coefficient (Wildman–Crippen LogP) is 3.97. The summed E-state index contributed by atoms with van der Waals surface area (Å²) in [6, 6.07) is 17.7. The number of pyridine rings is 1. The number of aliphatic imine (C=N–C) groups is 1. The number of hydrogen-bond acceptors (Lipinski definition) is 3. The van der Waals surface area contributed by atoms with E-state index >= 15 is 0 Å². The van der Waals surface area contributed by atoms with Gasteiger partial charge in [0.15, 0.2) is 5.96 Å². The van der Waals surface area contributed by atoms with Crippen molar-refractivity contribution in [1.82, 2.24) is 20.1 Å². The quantitative estimate of drug-likeness (QED) is 0.297. The van der Waals surface area contributed by atoms with Crippen molar-refractivity contribution in [3.63, 3.8) is 0 Å². The predicted molar refractivity (Wildman–Crippen MR) is 141 cm³/mol. The molecule has 1 aliphatic rings. The van der Waals surface area contributed by atoms with E-state index in [4.69, 9.17) is 11.6 Å². The summed E-state index contributed by atoms with van der Waals surface area (Å²) < 4.78 is 0. The molecule has 1 aliphatic heterocycles. The van der Waals surface area contributed by atoms with Crippen molar-refractivity contribution in [3.8, 4) is 0 Å². The van der Waals surface area contributed by atoms with Gasteiger partial charge < -0.3 is 15.1 Å². The maximum atomic E-state index is 12.7. The van der Waals surface area contributed by atoms with Gasteiger partial charge >= 0.3 is 0 Å². The summed E-state index contributed by atoms with van der Waals surface area (Å²) in [7, 11) is 1.80. The molecule has 32 heavy (non-hydrogen) atoms. The van der Waals surface area contributed by atoms with Crippen LogP contribution < -0.4 is 5.32 Å². The lowest BCUT2D eigenvalue weighted by Gasteiger charge is -2.36. The third kappa shape index (κ3) is 5.89. The molecule has 1 N–H and O–H groups in total. The van der Waals surface area contributed by atoms with Crippen LogP contribution in [0.5, 0.6) is 0 Å². The zero-order valence-electron chi connectivity index (χ0n) is 18.0. The number of halogens is 2. The standard InChI is InChI=1S/C24H26ClN5O.HI/c1-26-24(28-17-19-9-10-27-22-8-3-2-7-21(19)22)30-13-11-29(12-14-30)23(31)16-18-5-4-6-20(25)15-18;/h2-10,15H,11-14,16-17H2,1H3,(H,26,28);1H. The molecule has 0 bridgehead atoms. The highest BCUT2D eigenvalue weighted by molar-refractivity contribution is 14.0. The highest BCUT2D eigenvalue weighted by atomic mass is 127. The van der Waals surface area contributed by atoms with E-state index in [0.29, 0.717) is 31.1 Å². The molecule has 6 nitrogen and oxygen atoms in total. The molecular weight excluding hydrogens is 537 g/mol. The first-order valence-corrected chi connectivity index (χ1v) is 10.8. The Hall–Kier alpha value is -2.39. The average Bonchev–Trinajstić information content (AvgIpc) is 2.80. The van der Waals surface area contributed by atoms with Crippen molar-refractivity contribution < 1.29 is 4.79 Å². The van der Waals surface area contributed by atoms with Crippen molar-refractivity contribution in [3.05, 3.63) is 76.9 Å². The number of piperazine rings is 1. The Morgan fingerprint density at radius 1 is 1.06 bits per heavy atom. The van der Waals surface area contributed by atoms with Crippen LogP contribution in [0.4, 0.5) is 0 Å². The first kappa shape index (κ1) is 24.3. The number of benzene rings is 2. The van der Waals surface area contributed by atoms with Crippen molar-refractivity contribution in [2.45, 2.75) is 13.0 Å². The van der Waals surface area contributed by atoms with Gasteiger partial charge in [-0.15, -0.1) is 24.0 Å². The van der Waals surface area contributed by atoms with Gasteiger partial charge in [0, 0.05) is 56.4 Å². The highest BCUT2D eigenvalue weighted by Crippen LogP contribution is 2.16. The van der Waals surface area contributed by atoms with Gasteiger partial charge in [0.2, 0.25) is 5.91 Å². The SMILES string of the molecule is CN=C(NCc1ccnc2ccccc12)N1CCN(C(=O)Cc2cccc(Cl)c2)CC1.I. The molecule has 1 amide bonds. The van der Waals surface area contributed by atoms with E-state index in [-0.39, 0.29) is 29.9 Å². The molecule has 0 unspecified atom stereocenters. The number of para-hydroxylation sites is 1. The zero-order chi connectivity index (χ0) is 21.6. The second kappa shape index (κ2) is 11.5. The Morgan fingerprint density at radius 3 is 2.56 bits per heavy atom. The number of nitrogens with zero attached hydrogens (tertiary/aromatic N) is 4. The molecule has 2 aromatic carbocycles. The number of hydrogen-bond donors (Lipinski definition) is 1. The molecule has 168 valence electrons. The number of aromatic nitrogens is 1. The lowest BCUT2D eigenvalue weighted by Crippen LogP contribution is -2.53. The molecular formula is C24H27ClIN5O. The summed E-state index contributed by atoms with van der Waals surface area (Å²) >= 11 is 6.03. The number of nitrogens with one attached hydrogen (secondary N) is 1. The first-order valence-electron chi connectivity index (χ1n) is 10.4. The lowest BCUT2D eigenvalue weighted by molar-refractivity contribution is -0.131. The van der Waals surface area contributed by atoms with Gasteiger partial charge in [0.1, 0.15) is 0 Å². The van der Waals surface area contributed by atoms with Crippen molar-refractivity contribution in [2.24, 2.45) is 4.99 Å². The molecule has 0 radical (unpaired) electrons. The van der Waals surface area contributed by atoms with Gasteiger partial charge in [-0.25, -0.2) is 0 Å². The molecule has 1 fully saturated rings. The maximum Gasteiger partial charge on any atom is 0.227 e. The van der Waals surface area contributed by atoms with E-state index in [1.807, 2.05) is 59.6 Å². The fraction of sp³-hybridized carbons (Fsp3) is 0.292. The Bertz CT molecular complexity index is 1090. The van der Waals surface area contributed by atoms with Gasteiger partial charge in [-0.2, -0.15) is 0 Å². The van der Waals surface area contributed by atoms with E-state index in [2.05, 4.69) is 26.3 Å². The van der Waals surface area contributed by atoms with Crippen molar-refractivity contribution >= 4 is 58.3 Å². The largest absolute Gasteiger partial charge is 0.352 e. The van der Waals surface area contributed by atoms with Crippen LogP contribution in [-0.2, 0) is 17.8 Å². The lowest BCUT2D eigenvalue weighted by atomic mass is 10.1. The van der Waals surface area contributed by atoms with Crippen LogP contribution in [0.25, 0.3) is 10.9 Å². The van der Waals surface area contributed by atoms with E-state index in [1.54, 1.807) is 7.05 Å². The summed E-state index contributed by atoms with van der Waals surface area (Å²) in [6.45, 7) is 3.52. The van der Waals surface area contributed by atoms with Gasteiger partial charge in [-0.05, 0) is 35.4 Å². The summed E-state index contributed by atoms with van der Waals surface area (Å²) in [5, 5.41) is 5.27. The number of carbonyl (C=O) groups excluding carboxylic acids is 1. The zero-order valence-corrected chi connectivity index (χ0v) is 21.1. The molecule has 0 aliphatic carbocycles. The molecule has 8 heteroatoms. The fourth-order valence-corrected chi connectivity index (χ4v) is 4.13. The van der Waals surface area contributed by atoms with Crippen molar-refractivity contribution in [2.75, 3.05) is 33.2 Å². The van der Waals surface area contributed by atoms with E-state index in [0.717, 1.165) is 35.5 Å². The van der Waals surface area contributed by atoms with Crippen LogP contribution in [0.3, 0.4) is 0 Å². The summed E-state index contributed by atoms with van der Waals surface area (Å²) in [5.41, 5.74) is 3.12. The van der Waals surface area contributed by atoms with Gasteiger partial charge in [-0.1, -0.05) is 41.9 Å². The fourth-order valence-electron chi connectivity index (χ4n) is 3.92. The van der Waals surface area contributed by atoms with Crippen LogP contribution in [0.2, 0.25) is 5.02 Å². The monoisotopic (exact) mass is 563 g/mol. The molecule has 3 aromatic rings. The van der Waals surface area contributed by atoms with E-state index < -0.39 is 0 Å².